The van der Waals surface area contributed by atoms with Gasteiger partial charge in [0.1, 0.15) is 17.3 Å². The van der Waals surface area contributed by atoms with Crippen molar-refractivity contribution in [2.45, 2.75) is 19.0 Å². The number of halogens is 4. The summed E-state index contributed by atoms with van der Waals surface area (Å²) in [4.78, 5) is 3.79. The molecule has 0 fully saturated rings. The topological polar surface area (TPSA) is 22.1 Å². The first-order valence-corrected chi connectivity index (χ1v) is 5.96. The molecule has 6 heteroatoms. The molecular weight excluding hydrogens is 274 g/mol. The molecule has 104 valence electrons. The minimum atomic E-state index is -4.48. The summed E-state index contributed by atoms with van der Waals surface area (Å²) in [7, 11) is 0. The van der Waals surface area contributed by atoms with Crippen LogP contribution in [-0.4, -0.2) is 4.98 Å². The summed E-state index contributed by atoms with van der Waals surface area (Å²) in [6.45, 7) is 0. The van der Waals surface area contributed by atoms with Crippen molar-refractivity contribution in [2.75, 3.05) is 0 Å². The Labute approximate surface area is 112 Å². The van der Waals surface area contributed by atoms with E-state index in [4.69, 9.17) is 4.74 Å². The second kappa shape index (κ2) is 4.47. The van der Waals surface area contributed by atoms with Gasteiger partial charge in [-0.1, -0.05) is 6.07 Å². The van der Waals surface area contributed by atoms with Gasteiger partial charge in [0.2, 0.25) is 0 Å². The van der Waals surface area contributed by atoms with Gasteiger partial charge >= 0.3 is 6.18 Å². The normalized spacial score (nSPS) is 14.0. The van der Waals surface area contributed by atoms with E-state index in [-0.39, 0.29) is 11.5 Å². The fourth-order valence-electron chi connectivity index (χ4n) is 2.14. The van der Waals surface area contributed by atoms with E-state index in [0.29, 0.717) is 24.1 Å². The zero-order chi connectivity index (χ0) is 14.3. The van der Waals surface area contributed by atoms with E-state index in [1.807, 2.05) is 0 Å². The van der Waals surface area contributed by atoms with Gasteiger partial charge in [0.25, 0.3) is 0 Å². The lowest BCUT2D eigenvalue weighted by molar-refractivity contribution is -0.137. The summed E-state index contributed by atoms with van der Waals surface area (Å²) in [5.74, 6) is -0.152. The van der Waals surface area contributed by atoms with Crippen LogP contribution in [-0.2, 0) is 19.0 Å². The number of benzene rings is 1. The molecule has 0 bridgehead atoms. The lowest BCUT2D eigenvalue weighted by Gasteiger charge is -2.11. The van der Waals surface area contributed by atoms with Crippen molar-refractivity contribution in [1.29, 1.82) is 0 Å². The molecule has 0 atom stereocenters. The Morgan fingerprint density at radius 2 is 1.90 bits per heavy atom. The molecule has 0 spiro atoms. The Kier molecular flexibility index (Phi) is 2.88. The van der Waals surface area contributed by atoms with Gasteiger partial charge in [-0.2, -0.15) is 13.2 Å². The number of hydrogen-bond donors (Lipinski definition) is 0. The van der Waals surface area contributed by atoms with Crippen molar-refractivity contribution in [3.05, 3.63) is 53.1 Å². The van der Waals surface area contributed by atoms with Gasteiger partial charge in [0.05, 0.1) is 11.3 Å². The number of alkyl halides is 3. The molecule has 2 nitrogen and oxygen atoms in total. The lowest BCUT2D eigenvalue weighted by Crippen LogP contribution is -2.07. The molecule has 0 radical (unpaired) electrons. The third-order valence-corrected chi connectivity index (χ3v) is 3.17. The zero-order valence-electron chi connectivity index (χ0n) is 10.2. The van der Waals surface area contributed by atoms with Crippen molar-refractivity contribution >= 4 is 0 Å². The Morgan fingerprint density at radius 3 is 2.65 bits per heavy atom. The SMILES string of the molecule is Fc1cccc2c1CCc1ncc(C(F)(F)F)cc1O2. The molecule has 0 saturated heterocycles. The molecule has 20 heavy (non-hydrogen) atoms. The Bertz CT molecular complexity index is 667. The van der Waals surface area contributed by atoms with Crippen molar-refractivity contribution in [3.63, 3.8) is 0 Å². The number of ether oxygens (including phenoxy) is 1. The fourth-order valence-corrected chi connectivity index (χ4v) is 2.14. The van der Waals surface area contributed by atoms with Crippen molar-refractivity contribution in [2.24, 2.45) is 0 Å². The van der Waals surface area contributed by atoms with Gasteiger partial charge in [0, 0.05) is 11.8 Å². The highest BCUT2D eigenvalue weighted by Crippen LogP contribution is 2.37. The first-order chi connectivity index (χ1) is 9.45. The maximum atomic E-state index is 13.7. The molecule has 1 aliphatic heterocycles. The van der Waals surface area contributed by atoms with Crippen LogP contribution in [0, 0.1) is 5.82 Å². The van der Waals surface area contributed by atoms with Crippen molar-refractivity contribution in [3.8, 4) is 11.5 Å². The Hall–Kier alpha value is -2.11. The number of hydrogen-bond acceptors (Lipinski definition) is 2. The molecule has 3 rings (SSSR count). The third-order valence-electron chi connectivity index (χ3n) is 3.17. The largest absolute Gasteiger partial charge is 0.455 e. The van der Waals surface area contributed by atoms with E-state index < -0.39 is 17.6 Å². The molecule has 0 unspecified atom stereocenters. The first-order valence-electron chi connectivity index (χ1n) is 5.96. The fraction of sp³-hybridized carbons (Fsp3) is 0.214. The van der Waals surface area contributed by atoms with Gasteiger partial charge in [-0.05, 0) is 31.0 Å². The quantitative estimate of drug-likeness (QED) is 0.678. The van der Waals surface area contributed by atoms with Crippen LogP contribution in [0.5, 0.6) is 11.5 Å². The smallest absolute Gasteiger partial charge is 0.418 e. The maximum absolute atomic E-state index is 13.7. The first kappa shape index (κ1) is 12.9. The molecule has 2 heterocycles. The highest BCUT2D eigenvalue weighted by atomic mass is 19.4. The summed E-state index contributed by atoms with van der Waals surface area (Å²) < 4.78 is 57.1. The number of fused-ring (bicyclic) bond motifs is 2. The molecule has 1 aromatic carbocycles. The van der Waals surface area contributed by atoms with Crippen LogP contribution in [0.15, 0.2) is 30.5 Å². The molecule has 1 aromatic heterocycles. The van der Waals surface area contributed by atoms with Crippen molar-refractivity contribution in [1.82, 2.24) is 4.98 Å². The van der Waals surface area contributed by atoms with Gasteiger partial charge in [-0.3, -0.25) is 4.98 Å². The van der Waals surface area contributed by atoms with Gasteiger partial charge in [-0.15, -0.1) is 0 Å². The minimum Gasteiger partial charge on any atom is -0.455 e. The summed E-state index contributed by atoms with van der Waals surface area (Å²) >= 11 is 0. The summed E-state index contributed by atoms with van der Waals surface area (Å²) in [5, 5.41) is 0. The van der Waals surface area contributed by atoms with E-state index in [2.05, 4.69) is 4.98 Å². The maximum Gasteiger partial charge on any atom is 0.418 e. The minimum absolute atomic E-state index is 0.0316. The third kappa shape index (κ3) is 2.21. The summed E-state index contributed by atoms with van der Waals surface area (Å²) in [6, 6.07) is 5.20. The number of aromatic nitrogens is 1. The molecule has 0 amide bonds. The average Bonchev–Trinajstić information content (AvgIpc) is 2.56. The summed E-state index contributed by atoms with van der Waals surface area (Å²) in [5.41, 5.74) is -0.122. The van der Waals surface area contributed by atoms with E-state index in [1.54, 1.807) is 0 Å². The highest BCUT2D eigenvalue weighted by molar-refractivity contribution is 5.44. The molecule has 0 N–H and O–H groups in total. The Morgan fingerprint density at radius 1 is 1.10 bits per heavy atom. The highest BCUT2D eigenvalue weighted by Gasteiger charge is 2.32. The van der Waals surface area contributed by atoms with Crippen LogP contribution in [0.4, 0.5) is 17.6 Å². The van der Waals surface area contributed by atoms with Crippen molar-refractivity contribution < 1.29 is 22.3 Å². The van der Waals surface area contributed by atoms with Crippen LogP contribution < -0.4 is 4.74 Å². The molecule has 1 aliphatic rings. The molecule has 2 aromatic rings. The Balaban J connectivity index is 2.07. The standard InChI is InChI=1S/C14H9F4NO/c15-10-2-1-3-12-9(10)4-5-11-13(20-12)6-8(7-19-11)14(16,17)18/h1-3,6-7H,4-5H2. The van der Waals surface area contributed by atoms with Crippen LogP contribution in [0.3, 0.4) is 0 Å². The second-order valence-corrected chi connectivity index (χ2v) is 4.49. The zero-order valence-corrected chi connectivity index (χ0v) is 10.2. The predicted molar refractivity (Wildman–Crippen MR) is 63.1 cm³/mol. The number of aryl methyl sites for hydroxylation is 1. The number of pyridine rings is 1. The van der Waals surface area contributed by atoms with E-state index in [9.17, 15) is 17.6 Å². The van der Waals surface area contributed by atoms with E-state index in [1.165, 1.54) is 18.2 Å². The number of nitrogens with zero attached hydrogens (tertiary/aromatic N) is 1. The molecule has 0 saturated carbocycles. The summed E-state index contributed by atoms with van der Waals surface area (Å²) in [6.07, 6.45) is -3.04. The van der Waals surface area contributed by atoms with Gasteiger partial charge < -0.3 is 4.74 Å². The van der Waals surface area contributed by atoms with Crippen LogP contribution in [0.1, 0.15) is 16.8 Å². The van der Waals surface area contributed by atoms with E-state index in [0.717, 1.165) is 12.3 Å². The molecular formula is C14H9F4NO. The predicted octanol–water partition coefficient (Wildman–Crippen LogP) is 4.13. The second-order valence-electron chi connectivity index (χ2n) is 4.49. The van der Waals surface area contributed by atoms with Crippen LogP contribution in [0.25, 0.3) is 0 Å². The monoisotopic (exact) mass is 283 g/mol. The lowest BCUT2D eigenvalue weighted by atomic mass is 10.1. The van der Waals surface area contributed by atoms with Gasteiger partial charge in [0.15, 0.2) is 0 Å². The van der Waals surface area contributed by atoms with Crippen LogP contribution in [0.2, 0.25) is 0 Å². The number of rotatable bonds is 0. The van der Waals surface area contributed by atoms with Crippen LogP contribution >= 0.6 is 0 Å². The average molecular weight is 283 g/mol. The van der Waals surface area contributed by atoms with E-state index >= 15 is 0 Å². The van der Waals surface area contributed by atoms with Gasteiger partial charge in [-0.25, -0.2) is 4.39 Å². The molecule has 0 aliphatic carbocycles.